The molecule has 30 heavy (non-hydrogen) atoms. The van der Waals surface area contributed by atoms with E-state index < -0.39 is 21.6 Å². The lowest BCUT2D eigenvalue weighted by Crippen LogP contribution is -2.46. The maximum atomic E-state index is 13.2. The summed E-state index contributed by atoms with van der Waals surface area (Å²) >= 11 is 0. The number of hydrogen-bond acceptors (Lipinski definition) is 4. The van der Waals surface area contributed by atoms with Crippen molar-refractivity contribution in [1.29, 1.82) is 0 Å². The fraction of sp³-hybridized carbons (Fsp3) is 0.667. The zero-order valence-corrected chi connectivity index (χ0v) is 17.7. The van der Waals surface area contributed by atoms with Crippen LogP contribution in [0.15, 0.2) is 18.2 Å². The second kappa shape index (κ2) is 7.73. The lowest BCUT2D eigenvalue weighted by atomic mass is 9.74. The quantitative estimate of drug-likeness (QED) is 0.698. The summed E-state index contributed by atoms with van der Waals surface area (Å²) in [5, 5.41) is 0. The number of halogens is 3. The molecule has 3 heterocycles. The number of likely N-dealkylation sites (tertiary alicyclic amines) is 1. The molecule has 0 saturated carbocycles. The molecule has 4 rings (SSSR count). The first-order chi connectivity index (χ1) is 14.1. The van der Waals surface area contributed by atoms with E-state index in [1.807, 2.05) is 4.90 Å². The molecule has 1 amide bonds. The molecule has 5 nitrogen and oxygen atoms in total. The first-order valence-corrected chi connectivity index (χ1v) is 12.4. The summed E-state index contributed by atoms with van der Waals surface area (Å²) in [5.41, 5.74) is -0.0644. The highest BCUT2D eigenvalue weighted by Gasteiger charge is 2.41. The molecule has 0 aromatic heterocycles. The summed E-state index contributed by atoms with van der Waals surface area (Å²) in [6.45, 7) is 2.33. The standard InChI is InChI=1S/C21H27F3N2O3S/c22-21(23,24)16-3-4-17(18(15-16)25-9-1-2-10-25)19(27)26-11-5-20(6-12-26)7-13-30(28,29)14-8-20/h3-4,15H,1-2,5-14H2. The number of piperidine rings is 1. The third-order valence-electron chi connectivity index (χ3n) is 7.00. The Kier molecular flexibility index (Phi) is 5.53. The van der Waals surface area contributed by atoms with Crippen molar-refractivity contribution in [3.8, 4) is 0 Å². The molecular formula is C21H27F3N2O3S. The van der Waals surface area contributed by atoms with Gasteiger partial charge in [0.1, 0.15) is 9.84 Å². The lowest BCUT2D eigenvalue weighted by molar-refractivity contribution is -0.137. The predicted molar refractivity (Wildman–Crippen MR) is 108 cm³/mol. The number of carbonyl (C=O) groups excluding carboxylic acids is 1. The number of rotatable bonds is 2. The Balaban J connectivity index is 1.52. The van der Waals surface area contributed by atoms with Crippen molar-refractivity contribution in [1.82, 2.24) is 4.90 Å². The third kappa shape index (κ3) is 4.31. The van der Waals surface area contributed by atoms with Crippen molar-refractivity contribution in [2.24, 2.45) is 5.41 Å². The highest BCUT2D eigenvalue weighted by atomic mass is 32.2. The second-order valence-corrected chi connectivity index (χ2v) is 11.2. The van der Waals surface area contributed by atoms with Gasteiger partial charge in [-0.05, 0) is 62.1 Å². The Labute approximate surface area is 175 Å². The van der Waals surface area contributed by atoms with Gasteiger partial charge in [-0.15, -0.1) is 0 Å². The average Bonchev–Trinajstić information content (AvgIpc) is 3.24. The van der Waals surface area contributed by atoms with Crippen LogP contribution in [0.4, 0.5) is 18.9 Å². The monoisotopic (exact) mass is 444 g/mol. The topological polar surface area (TPSA) is 57.7 Å². The molecule has 3 saturated heterocycles. The zero-order chi connectivity index (χ0) is 21.6. The molecule has 1 aromatic rings. The van der Waals surface area contributed by atoms with Gasteiger partial charge in [0.05, 0.1) is 28.3 Å². The van der Waals surface area contributed by atoms with E-state index in [-0.39, 0.29) is 22.8 Å². The van der Waals surface area contributed by atoms with E-state index in [9.17, 15) is 26.4 Å². The fourth-order valence-corrected chi connectivity index (χ4v) is 6.63. The second-order valence-electron chi connectivity index (χ2n) is 8.87. The summed E-state index contributed by atoms with van der Waals surface area (Å²) in [5.74, 6) is 0.182. The molecule has 0 N–H and O–H groups in total. The molecule has 1 aromatic carbocycles. The van der Waals surface area contributed by atoms with Crippen LogP contribution in [0.1, 0.15) is 54.4 Å². The average molecular weight is 445 g/mol. The van der Waals surface area contributed by atoms with E-state index in [2.05, 4.69) is 0 Å². The molecule has 0 atom stereocenters. The predicted octanol–water partition coefficient (Wildman–Crippen LogP) is 3.74. The van der Waals surface area contributed by atoms with Gasteiger partial charge in [0.25, 0.3) is 5.91 Å². The Morgan fingerprint density at radius 3 is 2.10 bits per heavy atom. The fourth-order valence-electron chi connectivity index (χ4n) is 4.93. The van der Waals surface area contributed by atoms with Gasteiger partial charge >= 0.3 is 6.18 Å². The number of amides is 1. The van der Waals surface area contributed by atoms with Gasteiger partial charge in [-0.25, -0.2) is 8.42 Å². The van der Waals surface area contributed by atoms with Crippen LogP contribution in [0.2, 0.25) is 0 Å². The Morgan fingerprint density at radius 1 is 0.933 bits per heavy atom. The van der Waals surface area contributed by atoms with Crippen LogP contribution in [-0.2, 0) is 16.0 Å². The van der Waals surface area contributed by atoms with Gasteiger partial charge in [-0.1, -0.05) is 0 Å². The highest BCUT2D eigenvalue weighted by molar-refractivity contribution is 7.91. The van der Waals surface area contributed by atoms with Gasteiger partial charge in [0, 0.05) is 26.2 Å². The minimum absolute atomic E-state index is 0.0278. The van der Waals surface area contributed by atoms with Crippen LogP contribution < -0.4 is 4.90 Å². The van der Waals surface area contributed by atoms with Crippen LogP contribution in [-0.4, -0.2) is 56.9 Å². The molecule has 0 aliphatic carbocycles. The highest BCUT2D eigenvalue weighted by Crippen LogP contribution is 2.42. The molecule has 1 spiro atoms. The number of anilines is 1. The Hall–Kier alpha value is -1.77. The Morgan fingerprint density at radius 2 is 1.53 bits per heavy atom. The van der Waals surface area contributed by atoms with Gasteiger partial charge in [-0.2, -0.15) is 13.2 Å². The molecule has 3 fully saturated rings. The third-order valence-corrected chi connectivity index (χ3v) is 8.65. The first-order valence-electron chi connectivity index (χ1n) is 10.5. The van der Waals surface area contributed by atoms with E-state index in [0.717, 1.165) is 37.8 Å². The van der Waals surface area contributed by atoms with Crippen LogP contribution in [0, 0.1) is 5.41 Å². The zero-order valence-electron chi connectivity index (χ0n) is 16.9. The normalized spacial score (nSPS) is 23.7. The molecule has 0 unspecified atom stereocenters. The maximum absolute atomic E-state index is 13.2. The van der Waals surface area contributed by atoms with Crippen molar-refractivity contribution < 1.29 is 26.4 Å². The lowest BCUT2D eigenvalue weighted by Gasteiger charge is -2.44. The van der Waals surface area contributed by atoms with E-state index >= 15 is 0 Å². The largest absolute Gasteiger partial charge is 0.416 e. The summed E-state index contributed by atoms with van der Waals surface area (Å²) in [6.07, 6.45) is 0.113. The Bertz CT molecular complexity index is 900. The van der Waals surface area contributed by atoms with Gasteiger partial charge in [0.2, 0.25) is 0 Å². The molecular weight excluding hydrogens is 417 g/mol. The van der Waals surface area contributed by atoms with E-state index in [0.29, 0.717) is 50.3 Å². The van der Waals surface area contributed by atoms with Gasteiger partial charge in [-0.3, -0.25) is 4.79 Å². The van der Waals surface area contributed by atoms with Crippen molar-refractivity contribution in [3.63, 3.8) is 0 Å². The number of carbonyl (C=O) groups is 1. The summed E-state index contributed by atoms with van der Waals surface area (Å²) in [7, 11) is -2.94. The summed E-state index contributed by atoms with van der Waals surface area (Å²) < 4.78 is 63.2. The van der Waals surface area contributed by atoms with Crippen LogP contribution >= 0.6 is 0 Å². The maximum Gasteiger partial charge on any atom is 0.416 e. The number of sulfone groups is 1. The molecule has 0 bridgehead atoms. The number of benzene rings is 1. The van der Waals surface area contributed by atoms with Crippen molar-refractivity contribution >= 4 is 21.4 Å². The minimum Gasteiger partial charge on any atom is -0.371 e. The number of hydrogen-bond donors (Lipinski definition) is 0. The number of alkyl halides is 3. The SMILES string of the molecule is O=C(c1ccc(C(F)(F)F)cc1N1CCCC1)N1CCC2(CC1)CCS(=O)(=O)CC2. The van der Waals surface area contributed by atoms with Crippen molar-refractivity contribution in [2.75, 3.05) is 42.6 Å². The minimum atomic E-state index is -4.45. The van der Waals surface area contributed by atoms with E-state index in [4.69, 9.17) is 0 Å². The molecule has 9 heteroatoms. The molecule has 166 valence electrons. The van der Waals surface area contributed by atoms with Crippen LogP contribution in [0.3, 0.4) is 0 Å². The van der Waals surface area contributed by atoms with Crippen molar-refractivity contribution in [3.05, 3.63) is 29.3 Å². The first kappa shape index (κ1) is 21.5. The summed E-state index contributed by atoms with van der Waals surface area (Å²) in [6, 6.07) is 3.41. The van der Waals surface area contributed by atoms with Gasteiger partial charge in [0.15, 0.2) is 0 Å². The smallest absolute Gasteiger partial charge is 0.371 e. The summed E-state index contributed by atoms with van der Waals surface area (Å²) in [4.78, 5) is 16.8. The van der Waals surface area contributed by atoms with E-state index in [1.54, 1.807) is 4.90 Å². The molecule has 3 aliphatic rings. The van der Waals surface area contributed by atoms with Crippen molar-refractivity contribution in [2.45, 2.75) is 44.7 Å². The molecule has 0 radical (unpaired) electrons. The molecule has 3 aliphatic heterocycles. The van der Waals surface area contributed by atoms with Gasteiger partial charge < -0.3 is 9.80 Å². The number of nitrogens with zero attached hydrogens (tertiary/aromatic N) is 2. The van der Waals surface area contributed by atoms with Crippen LogP contribution in [0.5, 0.6) is 0 Å². The van der Waals surface area contributed by atoms with Crippen LogP contribution in [0.25, 0.3) is 0 Å². The van der Waals surface area contributed by atoms with E-state index in [1.165, 1.54) is 6.07 Å².